The molecule has 0 N–H and O–H groups in total. The number of thiazole rings is 1. The average molecular weight is 480 g/mol. The van der Waals surface area contributed by atoms with Crippen molar-refractivity contribution < 1.29 is 17.9 Å². The van der Waals surface area contributed by atoms with Gasteiger partial charge in [-0.1, -0.05) is 59.9 Å². The van der Waals surface area contributed by atoms with Crippen molar-refractivity contribution >= 4 is 48.6 Å². The summed E-state index contributed by atoms with van der Waals surface area (Å²) >= 11 is 1.28. The zero-order valence-electron chi connectivity index (χ0n) is 17.8. The van der Waals surface area contributed by atoms with Crippen LogP contribution in [0.15, 0.2) is 88.9 Å². The zero-order chi connectivity index (χ0) is 23.3. The highest BCUT2D eigenvalue weighted by Crippen LogP contribution is 2.32. The number of rotatable bonds is 8. The van der Waals surface area contributed by atoms with Crippen LogP contribution in [0.3, 0.4) is 0 Å². The molecule has 168 valence electrons. The fourth-order valence-corrected chi connectivity index (χ4v) is 5.29. The number of hydrogen-bond donors (Lipinski definition) is 0. The van der Waals surface area contributed by atoms with Gasteiger partial charge in [0.1, 0.15) is 5.75 Å². The van der Waals surface area contributed by atoms with Crippen LogP contribution in [0.25, 0.3) is 10.2 Å². The lowest BCUT2D eigenvalue weighted by Crippen LogP contribution is -2.27. The van der Waals surface area contributed by atoms with Crippen molar-refractivity contribution in [2.24, 2.45) is 5.10 Å². The zero-order valence-corrected chi connectivity index (χ0v) is 19.4. The van der Waals surface area contributed by atoms with Gasteiger partial charge in [0.2, 0.25) is 5.13 Å². The average Bonchev–Trinajstić information content (AvgIpc) is 3.27. The monoisotopic (exact) mass is 479 g/mol. The lowest BCUT2D eigenvalue weighted by atomic mass is 10.2. The van der Waals surface area contributed by atoms with Gasteiger partial charge in [-0.25, -0.2) is 13.4 Å². The van der Waals surface area contributed by atoms with Gasteiger partial charge in [-0.2, -0.15) is 10.1 Å². The van der Waals surface area contributed by atoms with Crippen LogP contribution < -0.4 is 9.75 Å². The van der Waals surface area contributed by atoms with Gasteiger partial charge in [0.05, 0.1) is 34.2 Å². The molecule has 0 bridgehead atoms. The maximum absolute atomic E-state index is 13.1. The number of carbonyl (C=O) groups is 1. The van der Waals surface area contributed by atoms with Gasteiger partial charge in [-0.05, 0) is 35.9 Å². The third-order valence-electron chi connectivity index (χ3n) is 4.81. The quantitative estimate of drug-likeness (QED) is 0.274. The van der Waals surface area contributed by atoms with Crippen LogP contribution in [0, 0.1) is 0 Å². The number of anilines is 1. The maximum Gasteiger partial charge on any atom is 0.250 e. The number of hydrogen-bond acceptors (Lipinski definition) is 7. The number of nitrogens with zero attached hydrogens (tertiary/aromatic N) is 3. The second-order valence-corrected chi connectivity index (χ2v) is 10.2. The largest absolute Gasteiger partial charge is 0.497 e. The van der Waals surface area contributed by atoms with Crippen LogP contribution in [0.2, 0.25) is 0 Å². The molecule has 0 radical (unpaired) electrons. The topological polar surface area (TPSA) is 88.9 Å². The summed E-state index contributed by atoms with van der Waals surface area (Å²) < 4.78 is 31.4. The van der Waals surface area contributed by atoms with E-state index >= 15 is 0 Å². The van der Waals surface area contributed by atoms with Gasteiger partial charge in [0.25, 0.3) is 5.91 Å². The molecular weight excluding hydrogens is 458 g/mol. The molecule has 4 rings (SSSR count). The molecule has 0 fully saturated rings. The Hall–Kier alpha value is -3.56. The molecule has 0 atom stereocenters. The van der Waals surface area contributed by atoms with Gasteiger partial charge in [-0.3, -0.25) is 4.79 Å². The van der Waals surface area contributed by atoms with E-state index in [9.17, 15) is 13.2 Å². The van der Waals surface area contributed by atoms with Gasteiger partial charge in [0.15, 0.2) is 9.84 Å². The highest BCUT2D eigenvalue weighted by molar-refractivity contribution is 7.91. The Balaban J connectivity index is 1.62. The highest BCUT2D eigenvalue weighted by atomic mass is 32.2. The summed E-state index contributed by atoms with van der Waals surface area (Å²) in [4.78, 5) is 17.8. The molecule has 0 saturated carbocycles. The number of hydrazone groups is 1. The first-order valence-electron chi connectivity index (χ1n) is 10.1. The van der Waals surface area contributed by atoms with Crippen molar-refractivity contribution in [3.05, 3.63) is 84.4 Å². The molecule has 0 aliphatic rings. The standard InChI is InChI=1S/C24H21N3O4S2/c1-31-19-12-13-21-22(16-19)32-24(26-21)27(25-17-18-8-4-2-5-9-18)23(28)14-15-33(29,30)20-10-6-3-7-11-20/h2-13,16-17H,14-15H2,1H3/b25-17+. The second kappa shape index (κ2) is 9.93. The van der Waals surface area contributed by atoms with E-state index in [1.165, 1.54) is 28.5 Å². The molecule has 0 aliphatic heterocycles. The summed E-state index contributed by atoms with van der Waals surface area (Å²) in [6.45, 7) is 0. The van der Waals surface area contributed by atoms with Crippen LogP contribution in [-0.2, 0) is 14.6 Å². The molecule has 0 saturated heterocycles. The van der Waals surface area contributed by atoms with Gasteiger partial charge >= 0.3 is 0 Å². The minimum absolute atomic E-state index is 0.184. The first-order chi connectivity index (χ1) is 16.0. The number of fused-ring (bicyclic) bond motifs is 1. The lowest BCUT2D eigenvalue weighted by molar-refractivity contribution is -0.118. The lowest BCUT2D eigenvalue weighted by Gasteiger charge is -2.14. The van der Waals surface area contributed by atoms with Crippen molar-refractivity contribution in [3.8, 4) is 5.75 Å². The minimum atomic E-state index is -3.60. The first kappa shape index (κ1) is 22.6. The Morgan fingerprint density at radius 2 is 1.76 bits per heavy atom. The molecule has 1 heterocycles. The summed E-state index contributed by atoms with van der Waals surface area (Å²) in [5.74, 6) is -0.114. The SMILES string of the molecule is COc1ccc2nc(N(/N=C/c3ccccc3)C(=O)CCS(=O)(=O)c3ccccc3)sc2c1. The Kier molecular flexibility index (Phi) is 6.81. The molecule has 1 amide bonds. The number of ether oxygens (including phenoxy) is 1. The molecule has 9 heteroatoms. The van der Waals surface area contributed by atoms with Crippen molar-refractivity contribution in [2.45, 2.75) is 11.3 Å². The third-order valence-corrected chi connectivity index (χ3v) is 7.54. The van der Waals surface area contributed by atoms with Crippen molar-refractivity contribution in [2.75, 3.05) is 17.9 Å². The van der Waals surface area contributed by atoms with Gasteiger partial charge < -0.3 is 4.74 Å². The second-order valence-electron chi connectivity index (χ2n) is 7.07. The summed E-state index contributed by atoms with van der Waals surface area (Å²) in [5, 5.41) is 5.88. The Bertz CT molecular complexity index is 1390. The van der Waals surface area contributed by atoms with Gasteiger partial charge in [-0.15, -0.1) is 0 Å². The third kappa shape index (κ3) is 5.44. The predicted molar refractivity (Wildman–Crippen MR) is 131 cm³/mol. The van der Waals surface area contributed by atoms with E-state index < -0.39 is 15.7 Å². The van der Waals surface area contributed by atoms with Crippen LogP contribution in [0.1, 0.15) is 12.0 Å². The fraction of sp³-hybridized carbons (Fsp3) is 0.125. The van der Waals surface area contributed by atoms with E-state index in [0.717, 1.165) is 10.3 Å². The Labute approximate surface area is 195 Å². The molecule has 3 aromatic carbocycles. The Morgan fingerprint density at radius 1 is 1.06 bits per heavy atom. The summed E-state index contributed by atoms with van der Waals surface area (Å²) in [5.41, 5.74) is 1.50. The molecule has 1 aromatic heterocycles. The van der Waals surface area contributed by atoms with E-state index in [4.69, 9.17) is 4.74 Å². The summed E-state index contributed by atoms with van der Waals surface area (Å²) in [6, 6.07) is 22.8. The van der Waals surface area contributed by atoms with Crippen LogP contribution >= 0.6 is 11.3 Å². The summed E-state index contributed by atoms with van der Waals surface area (Å²) in [6.07, 6.45) is 1.32. The highest BCUT2D eigenvalue weighted by Gasteiger charge is 2.23. The number of benzene rings is 3. The van der Waals surface area contributed by atoms with Crippen LogP contribution in [0.5, 0.6) is 5.75 Å². The molecular formula is C24H21N3O4S2. The molecule has 7 nitrogen and oxygen atoms in total. The predicted octanol–water partition coefficient (Wildman–Crippen LogP) is 4.54. The molecule has 33 heavy (non-hydrogen) atoms. The minimum Gasteiger partial charge on any atom is -0.497 e. The number of aromatic nitrogens is 1. The van der Waals surface area contributed by atoms with Crippen LogP contribution in [-0.4, -0.2) is 38.4 Å². The summed E-state index contributed by atoms with van der Waals surface area (Å²) in [7, 11) is -2.03. The number of carbonyl (C=O) groups excluding carboxylic acids is 1. The normalized spacial score (nSPS) is 11.7. The smallest absolute Gasteiger partial charge is 0.250 e. The van der Waals surface area contributed by atoms with Crippen molar-refractivity contribution in [1.29, 1.82) is 0 Å². The van der Waals surface area contributed by atoms with Crippen LogP contribution in [0.4, 0.5) is 5.13 Å². The number of amides is 1. The first-order valence-corrected chi connectivity index (χ1v) is 12.6. The van der Waals surface area contributed by atoms with Crippen molar-refractivity contribution in [3.63, 3.8) is 0 Å². The van der Waals surface area contributed by atoms with Gasteiger partial charge in [0, 0.05) is 6.42 Å². The van der Waals surface area contributed by atoms with E-state index in [2.05, 4.69) is 10.1 Å². The fourth-order valence-electron chi connectivity index (χ4n) is 3.07. The van der Waals surface area contributed by atoms with Crippen molar-refractivity contribution in [1.82, 2.24) is 4.98 Å². The number of methoxy groups -OCH3 is 1. The molecule has 0 unspecified atom stereocenters. The maximum atomic E-state index is 13.1. The number of sulfone groups is 1. The van der Waals surface area contributed by atoms with E-state index in [1.807, 2.05) is 36.4 Å². The molecule has 0 spiro atoms. The van der Waals surface area contributed by atoms with E-state index in [1.54, 1.807) is 43.7 Å². The Morgan fingerprint density at radius 3 is 2.45 bits per heavy atom. The van der Waals surface area contributed by atoms with E-state index in [0.29, 0.717) is 16.4 Å². The molecule has 0 aliphatic carbocycles. The molecule has 4 aromatic rings. The van der Waals surface area contributed by atoms with E-state index in [-0.39, 0.29) is 17.1 Å².